The lowest BCUT2D eigenvalue weighted by molar-refractivity contribution is 0.0950. The summed E-state index contributed by atoms with van der Waals surface area (Å²) in [7, 11) is 0. The Kier molecular flexibility index (Phi) is 4.49. The summed E-state index contributed by atoms with van der Waals surface area (Å²) >= 11 is 5.66. The summed E-state index contributed by atoms with van der Waals surface area (Å²) in [6.07, 6.45) is 1.40. The number of hydrogen-bond donors (Lipinski definition) is 3. The minimum Gasteiger partial charge on any atom is -0.348 e. The van der Waals surface area contributed by atoms with E-state index in [1.165, 1.54) is 18.3 Å². The lowest BCUT2D eigenvalue weighted by atomic mass is 10.2. The predicted molar refractivity (Wildman–Crippen MR) is 74.6 cm³/mol. The molecule has 5 nitrogen and oxygen atoms in total. The van der Waals surface area contributed by atoms with Crippen LogP contribution in [-0.4, -0.2) is 10.9 Å². The van der Waals surface area contributed by atoms with Crippen molar-refractivity contribution in [2.45, 2.75) is 6.54 Å². The van der Waals surface area contributed by atoms with Crippen molar-refractivity contribution in [3.63, 3.8) is 0 Å². The third kappa shape index (κ3) is 3.43. The van der Waals surface area contributed by atoms with Gasteiger partial charge in [-0.2, -0.15) is 0 Å². The van der Waals surface area contributed by atoms with Crippen LogP contribution in [0.5, 0.6) is 0 Å². The minimum absolute atomic E-state index is 0.0248. The van der Waals surface area contributed by atoms with E-state index in [4.69, 9.17) is 17.4 Å². The number of carbonyl (C=O) groups excluding carboxylic acids is 1. The Morgan fingerprint density at radius 1 is 1.35 bits per heavy atom. The van der Waals surface area contributed by atoms with Gasteiger partial charge in [0, 0.05) is 12.7 Å². The normalized spacial score (nSPS) is 10.2. The molecule has 1 aromatic carbocycles. The van der Waals surface area contributed by atoms with Gasteiger partial charge in [0.1, 0.15) is 11.6 Å². The molecule has 7 heteroatoms. The van der Waals surface area contributed by atoms with Crippen LogP contribution in [0.4, 0.5) is 10.2 Å². The second-order valence-electron chi connectivity index (χ2n) is 4.01. The number of amides is 1. The molecule has 2 rings (SSSR count). The van der Waals surface area contributed by atoms with Crippen LogP contribution in [-0.2, 0) is 6.54 Å². The summed E-state index contributed by atoms with van der Waals surface area (Å²) in [5.41, 5.74) is 3.48. The molecule has 1 heterocycles. The molecule has 1 amide bonds. The van der Waals surface area contributed by atoms with Crippen LogP contribution in [0, 0.1) is 5.82 Å². The molecule has 0 unspecified atom stereocenters. The Morgan fingerprint density at radius 2 is 2.15 bits per heavy atom. The number of pyridine rings is 1. The number of aromatic nitrogens is 1. The molecule has 4 N–H and O–H groups in total. The third-order valence-corrected chi connectivity index (χ3v) is 2.90. The molecule has 0 bridgehead atoms. The Bertz CT molecular complexity index is 618. The highest BCUT2D eigenvalue weighted by molar-refractivity contribution is 6.30. The topological polar surface area (TPSA) is 80.0 Å². The number of nitrogens with two attached hydrogens (primary N) is 1. The standard InChI is InChI=1S/C13H12ClFN4O/c14-10-5-8(1-3-11(10)15)6-18-13(20)9-2-4-12(19-16)17-7-9/h1-5,7H,6,16H2,(H,17,19)(H,18,20). The maximum absolute atomic E-state index is 13.0. The molecule has 20 heavy (non-hydrogen) atoms. The predicted octanol–water partition coefficient (Wildman–Crippen LogP) is 2.09. The maximum Gasteiger partial charge on any atom is 0.253 e. The van der Waals surface area contributed by atoms with E-state index in [1.807, 2.05) is 0 Å². The zero-order valence-corrected chi connectivity index (χ0v) is 11.1. The third-order valence-electron chi connectivity index (χ3n) is 2.61. The van der Waals surface area contributed by atoms with E-state index < -0.39 is 5.82 Å². The monoisotopic (exact) mass is 294 g/mol. The lowest BCUT2D eigenvalue weighted by Gasteiger charge is -2.06. The highest BCUT2D eigenvalue weighted by atomic mass is 35.5. The number of rotatable bonds is 4. The van der Waals surface area contributed by atoms with E-state index >= 15 is 0 Å². The average Bonchev–Trinajstić information content (AvgIpc) is 2.48. The van der Waals surface area contributed by atoms with Crippen molar-refractivity contribution in [3.8, 4) is 0 Å². The van der Waals surface area contributed by atoms with Crippen molar-refractivity contribution in [1.82, 2.24) is 10.3 Å². The Morgan fingerprint density at radius 3 is 2.75 bits per heavy atom. The number of halogens is 2. The Balaban J connectivity index is 1.98. The zero-order chi connectivity index (χ0) is 14.5. The summed E-state index contributed by atoms with van der Waals surface area (Å²) in [4.78, 5) is 15.8. The van der Waals surface area contributed by atoms with Gasteiger partial charge >= 0.3 is 0 Å². The number of hydrogen-bond acceptors (Lipinski definition) is 4. The van der Waals surface area contributed by atoms with Crippen molar-refractivity contribution in [2.24, 2.45) is 5.84 Å². The highest BCUT2D eigenvalue weighted by Crippen LogP contribution is 2.15. The van der Waals surface area contributed by atoms with E-state index in [-0.39, 0.29) is 17.5 Å². The van der Waals surface area contributed by atoms with Crippen molar-refractivity contribution in [1.29, 1.82) is 0 Å². The molecule has 2 aromatic rings. The summed E-state index contributed by atoms with van der Waals surface area (Å²) < 4.78 is 13.0. The molecule has 0 aliphatic rings. The molecule has 0 aliphatic carbocycles. The minimum atomic E-state index is -0.490. The van der Waals surface area contributed by atoms with Crippen LogP contribution in [0.15, 0.2) is 36.5 Å². The van der Waals surface area contributed by atoms with Gasteiger partial charge < -0.3 is 10.7 Å². The van der Waals surface area contributed by atoms with Crippen LogP contribution in [0.2, 0.25) is 5.02 Å². The summed E-state index contributed by atoms with van der Waals surface area (Å²) in [6, 6.07) is 7.46. The van der Waals surface area contributed by atoms with Crippen molar-refractivity contribution in [2.75, 3.05) is 5.43 Å². The van der Waals surface area contributed by atoms with Crippen LogP contribution in [0.1, 0.15) is 15.9 Å². The first-order chi connectivity index (χ1) is 9.60. The van der Waals surface area contributed by atoms with E-state index in [0.717, 1.165) is 0 Å². The SMILES string of the molecule is NNc1ccc(C(=O)NCc2ccc(F)c(Cl)c2)cn1. The van der Waals surface area contributed by atoms with Crippen LogP contribution in [0.3, 0.4) is 0 Å². The molecule has 0 saturated carbocycles. The van der Waals surface area contributed by atoms with Crippen molar-refractivity contribution < 1.29 is 9.18 Å². The smallest absolute Gasteiger partial charge is 0.253 e. The molecule has 104 valence electrons. The van der Waals surface area contributed by atoms with Gasteiger partial charge in [-0.1, -0.05) is 17.7 Å². The summed E-state index contributed by atoms with van der Waals surface area (Å²) in [5, 5.41) is 2.71. The fourth-order valence-corrected chi connectivity index (χ4v) is 1.75. The van der Waals surface area contributed by atoms with Gasteiger partial charge in [-0.15, -0.1) is 0 Å². The zero-order valence-electron chi connectivity index (χ0n) is 10.4. The Hall–Kier alpha value is -2.18. The number of nitrogens with zero attached hydrogens (tertiary/aromatic N) is 1. The van der Waals surface area contributed by atoms with Crippen molar-refractivity contribution >= 4 is 23.3 Å². The maximum atomic E-state index is 13.0. The summed E-state index contributed by atoms with van der Waals surface area (Å²) in [6.45, 7) is 0.246. The molecular formula is C13H12ClFN4O. The first-order valence-electron chi connectivity index (χ1n) is 5.75. The quantitative estimate of drug-likeness (QED) is 0.596. The fourth-order valence-electron chi connectivity index (χ4n) is 1.55. The fraction of sp³-hybridized carbons (Fsp3) is 0.0769. The van der Waals surface area contributed by atoms with Gasteiger partial charge in [0.15, 0.2) is 0 Å². The number of nitrogens with one attached hydrogen (secondary N) is 2. The van der Waals surface area contributed by atoms with E-state index in [1.54, 1.807) is 18.2 Å². The number of nitrogen functional groups attached to an aromatic ring is 1. The van der Waals surface area contributed by atoms with Gasteiger partial charge in [-0.05, 0) is 29.8 Å². The van der Waals surface area contributed by atoms with Crippen LogP contribution in [0.25, 0.3) is 0 Å². The highest BCUT2D eigenvalue weighted by Gasteiger charge is 2.07. The first kappa shape index (κ1) is 14.2. The number of carbonyl (C=O) groups is 1. The van der Waals surface area contributed by atoms with Gasteiger partial charge in [0.25, 0.3) is 5.91 Å². The Labute approximate surface area is 119 Å². The molecule has 0 spiro atoms. The van der Waals surface area contributed by atoms with Gasteiger partial charge in [-0.25, -0.2) is 15.2 Å². The van der Waals surface area contributed by atoms with Gasteiger partial charge in [-0.3, -0.25) is 4.79 Å². The molecule has 0 radical (unpaired) electrons. The van der Waals surface area contributed by atoms with E-state index in [2.05, 4.69) is 15.7 Å². The second kappa shape index (κ2) is 6.31. The van der Waals surface area contributed by atoms with Gasteiger partial charge in [0.05, 0.1) is 10.6 Å². The second-order valence-corrected chi connectivity index (χ2v) is 4.41. The molecule has 1 aromatic heterocycles. The van der Waals surface area contributed by atoms with Gasteiger partial charge in [0.2, 0.25) is 0 Å². The molecule has 0 saturated heterocycles. The van der Waals surface area contributed by atoms with Crippen LogP contribution >= 0.6 is 11.6 Å². The molecular weight excluding hydrogens is 283 g/mol. The summed E-state index contributed by atoms with van der Waals surface area (Å²) in [5.74, 6) is 4.87. The van der Waals surface area contributed by atoms with E-state index in [9.17, 15) is 9.18 Å². The average molecular weight is 295 g/mol. The molecule has 0 atom stereocenters. The van der Waals surface area contributed by atoms with Crippen molar-refractivity contribution in [3.05, 3.63) is 58.5 Å². The first-order valence-corrected chi connectivity index (χ1v) is 6.13. The largest absolute Gasteiger partial charge is 0.348 e. The molecule has 0 aliphatic heterocycles. The van der Waals surface area contributed by atoms with E-state index in [0.29, 0.717) is 16.9 Å². The molecule has 0 fully saturated rings. The number of benzene rings is 1. The number of anilines is 1. The lowest BCUT2D eigenvalue weighted by Crippen LogP contribution is -2.23. The number of hydrazine groups is 1. The van der Waals surface area contributed by atoms with Crippen LogP contribution < -0.4 is 16.6 Å².